The third-order valence-corrected chi connectivity index (χ3v) is 12.9. The lowest BCUT2D eigenvalue weighted by Crippen LogP contribution is -2.30. The molecule has 0 saturated heterocycles. The summed E-state index contributed by atoms with van der Waals surface area (Å²) in [4.78, 5) is 38.0. The van der Waals surface area contributed by atoms with E-state index in [9.17, 15) is 14.4 Å². The molecule has 0 amide bonds. The molecule has 0 aromatic rings. The summed E-state index contributed by atoms with van der Waals surface area (Å²) in [5, 5.41) is 0. The number of carbonyl (C=O) groups is 3. The molecule has 0 aromatic heterocycles. The zero-order valence-electron chi connectivity index (χ0n) is 46.7. The monoisotopic (exact) mass is 989 g/mol. The van der Waals surface area contributed by atoms with Crippen molar-refractivity contribution in [2.45, 2.75) is 297 Å². The number of hydrogen-bond acceptors (Lipinski definition) is 6. The van der Waals surface area contributed by atoms with E-state index in [2.05, 4.69) is 106 Å². The minimum atomic E-state index is -0.773. The van der Waals surface area contributed by atoms with Gasteiger partial charge in [-0.05, 0) is 77.0 Å². The van der Waals surface area contributed by atoms with E-state index in [0.717, 1.165) is 109 Å². The highest BCUT2D eigenvalue weighted by Gasteiger charge is 2.19. The SMILES string of the molecule is CC/C=C\C/C=C\C/C=C\C/C=C\C/C=C\C/C=C\C/C=C\CCCCCCCCCCCC(=O)OCC(COC(=O)CCCCCCCCCCCC)OC(=O)CCCCCCCCCCCCCC. The van der Waals surface area contributed by atoms with E-state index in [4.69, 9.17) is 14.2 Å². The summed E-state index contributed by atoms with van der Waals surface area (Å²) < 4.78 is 16.8. The first-order chi connectivity index (χ1) is 35.0. The van der Waals surface area contributed by atoms with Gasteiger partial charge < -0.3 is 14.2 Å². The van der Waals surface area contributed by atoms with Gasteiger partial charge in [0.1, 0.15) is 13.2 Å². The van der Waals surface area contributed by atoms with E-state index < -0.39 is 6.10 Å². The number of esters is 3. The lowest BCUT2D eigenvalue weighted by Gasteiger charge is -2.18. The van der Waals surface area contributed by atoms with Gasteiger partial charge in [-0.2, -0.15) is 0 Å². The highest BCUT2D eigenvalue weighted by Crippen LogP contribution is 2.16. The molecule has 0 fully saturated rings. The molecule has 0 aromatic carbocycles. The number of unbranched alkanes of at least 4 members (excludes halogenated alkanes) is 29. The van der Waals surface area contributed by atoms with E-state index >= 15 is 0 Å². The van der Waals surface area contributed by atoms with Crippen LogP contribution < -0.4 is 0 Å². The van der Waals surface area contributed by atoms with Crippen LogP contribution in [0, 0.1) is 0 Å². The molecule has 408 valence electrons. The Kier molecular flexibility index (Phi) is 56.3. The highest BCUT2D eigenvalue weighted by atomic mass is 16.6. The number of ether oxygens (including phenoxy) is 3. The topological polar surface area (TPSA) is 78.9 Å². The molecule has 0 heterocycles. The van der Waals surface area contributed by atoms with Crippen LogP contribution in [-0.4, -0.2) is 37.2 Å². The minimum absolute atomic E-state index is 0.0736. The van der Waals surface area contributed by atoms with E-state index in [-0.39, 0.29) is 31.1 Å². The third-order valence-electron chi connectivity index (χ3n) is 12.9. The molecule has 0 radical (unpaired) electrons. The summed E-state index contributed by atoms with van der Waals surface area (Å²) in [6, 6.07) is 0. The van der Waals surface area contributed by atoms with Gasteiger partial charge in [0.05, 0.1) is 0 Å². The molecular weight excluding hydrogens is 877 g/mol. The summed E-state index contributed by atoms with van der Waals surface area (Å²) >= 11 is 0. The molecule has 6 nitrogen and oxygen atoms in total. The maximum Gasteiger partial charge on any atom is 0.306 e. The van der Waals surface area contributed by atoms with Crippen molar-refractivity contribution in [3.63, 3.8) is 0 Å². The average Bonchev–Trinajstić information content (AvgIpc) is 3.37. The average molecular weight is 990 g/mol. The summed E-state index contributed by atoms with van der Waals surface area (Å²) in [6.45, 7) is 6.52. The minimum Gasteiger partial charge on any atom is -0.462 e. The van der Waals surface area contributed by atoms with Gasteiger partial charge in [0.2, 0.25) is 0 Å². The molecule has 0 aliphatic heterocycles. The van der Waals surface area contributed by atoms with Crippen LogP contribution in [0.3, 0.4) is 0 Å². The maximum absolute atomic E-state index is 12.8. The van der Waals surface area contributed by atoms with Crippen molar-refractivity contribution in [3.8, 4) is 0 Å². The van der Waals surface area contributed by atoms with Gasteiger partial charge in [-0.1, -0.05) is 279 Å². The van der Waals surface area contributed by atoms with Crippen molar-refractivity contribution in [2.24, 2.45) is 0 Å². The van der Waals surface area contributed by atoms with E-state index in [0.29, 0.717) is 19.3 Å². The van der Waals surface area contributed by atoms with Crippen molar-refractivity contribution in [1.82, 2.24) is 0 Å². The molecule has 0 N–H and O–H groups in total. The van der Waals surface area contributed by atoms with Crippen molar-refractivity contribution >= 4 is 17.9 Å². The van der Waals surface area contributed by atoms with Gasteiger partial charge in [0.25, 0.3) is 0 Å². The Hall–Kier alpha value is -3.41. The Bertz CT molecular complexity index is 1370. The Labute approximate surface area is 439 Å². The molecule has 0 aliphatic rings. The lowest BCUT2D eigenvalue weighted by molar-refractivity contribution is -0.167. The van der Waals surface area contributed by atoms with Gasteiger partial charge in [0.15, 0.2) is 6.10 Å². The van der Waals surface area contributed by atoms with Crippen LogP contribution >= 0.6 is 0 Å². The van der Waals surface area contributed by atoms with E-state index in [1.54, 1.807) is 0 Å². The van der Waals surface area contributed by atoms with Crippen LogP contribution in [0.1, 0.15) is 290 Å². The van der Waals surface area contributed by atoms with Gasteiger partial charge >= 0.3 is 17.9 Å². The molecule has 0 aliphatic carbocycles. The number of allylic oxidation sites excluding steroid dienone is 14. The van der Waals surface area contributed by atoms with Gasteiger partial charge in [-0.3, -0.25) is 14.4 Å². The van der Waals surface area contributed by atoms with Crippen molar-refractivity contribution in [2.75, 3.05) is 13.2 Å². The largest absolute Gasteiger partial charge is 0.462 e. The summed E-state index contributed by atoms with van der Waals surface area (Å²) in [6.07, 6.45) is 77.3. The first-order valence-electron chi connectivity index (χ1n) is 30.1. The summed E-state index contributed by atoms with van der Waals surface area (Å²) in [5.41, 5.74) is 0. The van der Waals surface area contributed by atoms with Crippen LogP contribution in [0.15, 0.2) is 85.1 Å². The fraction of sp³-hybridized carbons (Fsp3) is 0.738. The van der Waals surface area contributed by atoms with E-state index in [1.807, 2.05) is 0 Å². The second-order valence-corrected chi connectivity index (χ2v) is 19.9. The van der Waals surface area contributed by atoms with Crippen molar-refractivity contribution < 1.29 is 28.6 Å². The standard InChI is InChI=1S/C65H112O6/c1-4-7-10-13-16-19-22-24-25-26-27-28-29-30-31-32-33-34-35-36-37-38-39-40-41-42-44-46-49-52-55-58-64(67)70-61-62(60-69-63(66)57-54-51-48-45-21-18-15-12-9-6-3)71-65(68)59-56-53-50-47-43-23-20-17-14-11-8-5-2/h7,10,16,19,24-25,27-28,30-31,33-34,36-37,62H,4-6,8-9,11-15,17-18,20-23,26,29,32,35,38-61H2,1-3H3/b10-7-,19-16-,25-24-,28-27-,31-30-,34-33-,37-36-. The molecule has 0 spiro atoms. The molecule has 0 bridgehead atoms. The predicted octanol–water partition coefficient (Wildman–Crippen LogP) is 20.3. The number of hydrogen-bond donors (Lipinski definition) is 0. The number of carbonyl (C=O) groups excluding carboxylic acids is 3. The molecule has 1 unspecified atom stereocenters. The predicted molar refractivity (Wildman–Crippen MR) is 307 cm³/mol. The maximum atomic E-state index is 12.8. The second kappa shape index (κ2) is 59.2. The van der Waals surface area contributed by atoms with Crippen LogP contribution in [-0.2, 0) is 28.6 Å². The summed E-state index contributed by atoms with van der Waals surface area (Å²) in [5.74, 6) is -0.873. The Morgan fingerprint density at radius 2 is 0.549 bits per heavy atom. The Balaban J connectivity index is 4.16. The first-order valence-corrected chi connectivity index (χ1v) is 30.1. The third kappa shape index (κ3) is 57.4. The van der Waals surface area contributed by atoms with Crippen LogP contribution in [0.25, 0.3) is 0 Å². The van der Waals surface area contributed by atoms with Crippen LogP contribution in [0.5, 0.6) is 0 Å². The highest BCUT2D eigenvalue weighted by molar-refractivity contribution is 5.71. The fourth-order valence-electron chi connectivity index (χ4n) is 8.42. The zero-order valence-corrected chi connectivity index (χ0v) is 46.7. The Morgan fingerprint density at radius 1 is 0.296 bits per heavy atom. The molecule has 0 saturated carbocycles. The first kappa shape index (κ1) is 67.6. The smallest absolute Gasteiger partial charge is 0.306 e. The van der Waals surface area contributed by atoms with Gasteiger partial charge in [-0.15, -0.1) is 0 Å². The van der Waals surface area contributed by atoms with Crippen LogP contribution in [0.4, 0.5) is 0 Å². The summed E-state index contributed by atoms with van der Waals surface area (Å²) in [7, 11) is 0. The number of rotatable bonds is 54. The van der Waals surface area contributed by atoms with Gasteiger partial charge in [0, 0.05) is 19.3 Å². The quantitative estimate of drug-likeness (QED) is 0.0261. The van der Waals surface area contributed by atoms with Crippen molar-refractivity contribution in [3.05, 3.63) is 85.1 Å². The molecular formula is C65H112O6. The molecule has 1 atom stereocenters. The second-order valence-electron chi connectivity index (χ2n) is 19.9. The van der Waals surface area contributed by atoms with Crippen molar-refractivity contribution in [1.29, 1.82) is 0 Å². The fourth-order valence-corrected chi connectivity index (χ4v) is 8.42. The molecule has 6 heteroatoms. The van der Waals surface area contributed by atoms with Crippen LogP contribution in [0.2, 0.25) is 0 Å². The van der Waals surface area contributed by atoms with E-state index in [1.165, 1.54) is 141 Å². The molecule has 71 heavy (non-hydrogen) atoms. The normalized spacial score (nSPS) is 12.7. The Morgan fingerprint density at radius 3 is 0.859 bits per heavy atom. The van der Waals surface area contributed by atoms with Gasteiger partial charge in [-0.25, -0.2) is 0 Å². The molecule has 0 rings (SSSR count). The lowest BCUT2D eigenvalue weighted by atomic mass is 10.0. The zero-order chi connectivity index (χ0) is 51.4.